The average molecular weight is 296 g/mol. The average Bonchev–Trinajstić information content (AvgIpc) is 2.50. The van der Waals surface area contributed by atoms with Crippen LogP contribution in [0.5, 0.6) is 5.75 Å². The van der Waals surface area contributed by atoms with Crippen LogP contribution in [0.15, 0.2) is 18.2 Å². The Bertz CT molecular complexity index is 448. The van der Waals surface area contributed by atoms with Crippen molar-refractivity contribution in [3.05, 3.63) is 29.6 Å². The first-order chi connectivity index (χ1) is 10.2. The number of methoxy groups -OCH3 is 1. The molecule has 0 spiro atoms. The Hall–Kier alpha value is -1.17. The zero-order valence-corrected chi connectivity index (χ0v) is 12.8. The van der Waals surface area contributed by atoms with E-state index in [2.05, 4.69) is 10.2 Å². The van der Waals surface area contributed by atoms with Crippen molar-refractivity contribution in [2.45, 2.75) is 31.4 Å². The van der Waals surface area contributed by atoms with Gasteiger partial charge in [-0.05, 0) is 45.0 Å². The normalized spacial score (nSPS) is 18.7. The van der Waals surface area contributed by atoms with Crippen LogP contribution >= 0.6 is 0 Å². The summed E-state index contributed by atoms with van der Waals surface area (Å²) in [5.41, 5.74) is 0.597. The van der Waals surface area contributed by atoms with E-state index in [-0.39, 0.29) is 18.0 Å². The second-order valence-electron chi connectivity index (χ2n) is 5.56. The molecule has 1 aromatic rings. The molecule has 0 aliphatic carbocycles. The van der Waals surface area contributed by atoms with Gasteiger partial charge < -0.3 is 20.1 Å². The number of likely N-dealkylation sites (tertiary alicyclic amines) is 1. The van der Waals surface area contributed by atoms with Gasteiger partial charge in [0.05, 0.1) is 13.2 Å². The number of hydrogen-bond acceptors (Lipinski definition) is 4. The molecule has 2 rings (SSSR count). The summed E-state index contributed by atoms with van der Waals surface area (Å²) in [5, 5.41) is 12.7. The lowest BCUT2D eigenvalue weighted by molar-refractivity contribution is 0.0807. The van der Waals surface area contributed by atoms with Crippen molar-refractivity contribution >= 4 is 0 Å². The number of nitrogens with one attached hydrogen (secondary N) is 1. The maximum atomic E-state index is 14.1. The summed E-state index contributed by atoms with van der Waals surface area (Å²) in [7, 11) is 3.41. The lowest BCUT2D eigenvalue weighted by atomic mass is 10.0. The van der Waals surface area contributed by atoms with Gasteiger partial charge in [0, 0.05) is 24.7 Å². The minimum Gasteiger partial charge on any atom is -0.496 e. The van der Waals surface area contributed by atoms with E-state index in [1.807, 2.05) is 7.05 Å². The Morgan fingerprint density at radius 3 is 2.76 bits per heavy atom. The number of piperidine rings is 1. The molecule has 1 unspecified atom stereocenters. The van der Waals surface area contributed by atoms with Crippen LogP contribution in [-0.4, -0.2) is 49.9 Å². The molecule has 1 aliphatic heterocycles. The van der Waals surface area contributed by atoms with Crippen molar-refractivity contribution in [3.8, 4) is 5.75 Å². The zero-order chi connectivity index (χ0) is 15.2. The van der Waals surface area contributed by atoms with Crippen LogP contribution in [0.2, 0.25) is 0 Å². The van der Waals surface area contributed by atoms with Crippen LogP contribution in [0.25, 0.3) is 0 Å². The van der Waals surface area contributed by atoms with Gasteiger partial charge >= 0.3 is 0 Å². The third kappa shape index (κ3) is 4.15. The lowest BCUT2D eigenvalue weighted by Gasteiger charge is -2.31. The number of rotatable bonds is 6. The number of aliphatic hydroxyl groups is 1. The summed E-state index contributed by atoms with van der Waals surface area (Å²) < 4.78 is 19.4. The minimum absolute atomic E-state index is 0.0759. The fraction of sp³-hybridized carbons (Fsp3) is 0.625. The van der Waals surface area contributed by atoms with Crippen molar-refractivity contribution in [1.29, 1.82) is 0 Å². The van der Waals surface area contributed by atoms with Crippen molar-refractivity contribution in [1.82, 2.24) is 10.2 Å². The number of ether oxygens (including phenoxy) is 1. The highest BCUT2D eigenvalue weighted by Crippen LogP contribution is 2.30. The van der Waals surface area contributed by atoms with Crippen molar-refractivity contribution < 1.29 is 14.2 Å². The van der Waals surface area contributed by atoms with Gasteiger partial charge in [-0.25, -0.2) is 4.39 Å². The molecule has 1 fully saturated rings. The largest absolute Gasteiger partial charge is 0.496 e. The Morgan fingerprint density at radius 1 is 1.43 bits per heavy atom. The van der Waals surface area contributed by atoms with Gasteiger partial charge in [0.15, 0.2) is 0 Å². The highest BCUT2D eigenvalue weighted by Gasteiger charge is 2.22. The minimum atomic E-state index is -0.234. The van der Waals surface area contributed by atoms with E-state index >= 15 is 0 Å². The van der Waals surface area contributed by atoms with E-state index in [9.17, 15) is 9.50 Å². The van der Waals surface area contributed by atoms with Crippen LogP contribution in [-0.2, 0) is 0 Å². The topological polar surface area (TPSA) is 44.7 Å². The van der Waals surface area contributed by atoms with E-state index in [0.717, 1.165) is 38.9 Å². The molecule has 1 aliphatic rings. The van der Waals surface area contributed by atoms with Crippen molar-refractivity contribution in [2.24, 2.45) is 0 Å². The summed E-state index contributed by atoms with van der Waals surface area (Å²) in [6.45, 7) is 2.70. The third-order valence-electron chi connectivity index (χ3n) is 4.22. The number of nitrogens with zero attached hydrogens (tertiary/aromatic N) is 1. The predicted octanol–water partition coefficient (Wildman–Crippen LogP) is 1.94. The molecule has 118 valence electrons. The van der Waals surface area contributed by atoms with Gasteiger partial charge in [0.1, 0.15) is 11.6 Å². The smallest absolute Gasteiger partial charge is 0.131 e. The van der Waals surface area contributed by atoms with Gasteiger partial charge in [-0.2, -0.15) is 0 Å². The molecule has 0 radical (unpaired) electrons. The van der Waals surface area contributed by atoms with Gasteiger partial charge in [0.2, 0.25) is 0 Å². The molecule has 1 heterocycles. The molecule has 1 saturated heterocycles. The monoisotopic (exact) mass is 296 g/mol. The van der Waals surface area contributed by atoms with Crippen LogP contribution in [0.1, 0.15) is 30.9 Å². The quantitative estimate of drug-likeness (QED) is 0.842. The van der Waals surface area contributed by atoms with E-state index < -0.39 is 0 Å². The molecular weight excluding hydrogens is 271 g/mol. The molecule has 2 N–H and O–H groups in total. The molecule has 0 bridgehead atoms. The maximum absolute atomic E-state index is 14.1. The summed E-state index contributed by atoms with van der Waals surface area (Å²) in [5.74, 6) is 0.353. The Labute approximate surface area is 125 Å². The fourth-order valence-corrected chi connectivity index (χ4v) is 2.92. The van der Waals surface area contributed by atoms with E-state index in [0.29, 0.717) is 11.3 Å². The van der Waals surface area contributed by atoms with Gasteiger partial charge in [0.25, 0.3) is 0 Å². The first-order valence-electron chi connectivity index (χ1n) is 7.55. The Kier molecular flexibility index (Phi) is 5.96. The predicted molar refractivity (Wildman–Crippen MR) is 81.1 cm³/mol. The SMILES string of the molecule is CNC(CCN1CCC(O)CC1)c1c(F)cccc1OC. The molecule has 21 heavy (non-hydrogen) atoms. The second kappa shape index (κ2) is 7.73. The lowest BCUT2D eigenvalue weighted by Crippen LogP contribution is -2.37. The number of benzene rings is 1. The molecule has 1 atom stereocenters. The van der Waals surface area contributed by atoms with Crippen molar-refractivity contribution in [2.75, 3.05) is 33.8 Å². The van der Waals surface area contributed by atoms with Gasteiger partial charge in [-0.1, -0.05) is 6.07 Å². The van der Waals surface area contributed by atoms with E-state index in [1.165, 1.54) is 6.07 Å². The molecule has 5 heteroatoms. The summed E-state index contributed by atoms with van der Waals surface area (Å²) in [6, 6.07) is 4.85. The fourth-order valence-electron chi connectivity index (χ4n) is 2.92. The van der Waals surface area contributed by atoms with Crippen LogP contribution in [0.4, 0.5) is 4.39 Å². The van der Waals surface area contributed by atoms with Crippen LogP contribution < -0.4 is 10.1 Å². The first-order valence-corrected chi connectivity index (χ1v) is 7.55. The second-order valence-corrected chi connectivity index (χ2v) is 5.56. The molecular formula is C16H25FN2O2. The third-order valence-corrected chi connectivity index (χ3v) is 4.22. The molecule has 0 amide bonds. The zero-order valence-electron chi connectivity index (χ0n) is 12.8. The Morgan fingerprint density at radius 2 is 2.14 bits per heavy atom. The van der Waals surface area contributed by atoms with E-state index in [4.69, 9.17) is 4.74 Å². The number of hydrogen-bond donors (Lipinski definition) is 2. The summed E-state index contributed by atoms with van der Waals surface area (Å²) >= 11 is 0. The molecule has 4 nitrogen and oxygen atoms in total. The van der Waals surface area contributed by atoms with Gasteiger partial charge in [-0.15, -0.1) is 0 Å². The maximum Gasteiger partial charge on any atom is 0.131 e. The number of halogens is 1. The molecule has 0 aromatic heterocycles. The van der Waals surface area contributed by atoms with Crippen LogP contribution in [0.3, 0.4) is 0 Å². The highest BCUT2D eigenvalue weighted by atomic mass is 19.1. The first kappa shape index (κ1) is 16.2. The van der Waals surface area contributed by atoms with Crippen LogP contribution in [0, 0.1) is 5.82 Å². The van der Waals surface area contributed by atoms with Crippen molar-refractivity contribution in [3.63, 3.8) is 0 Å². The standard InChI is InChI=1S/C16H25FN2O2/c1-18-14(8-11-19-9-6-12(20)7-10-19)16-13(17)4-3-5-15(16)21-2/h3-5,12,14,18,20H,6-11H2,1-2H3. The van der Waals surface area contributed by atoms with Gasteiger partial charge in [-0.3, -0.25) is 0 Å². The Balaban J connectivity index is 2.00. The summed E-state index contributed by atoms with van der Waals surface area (Å²) in [4.78, 5) is 2.32. The molecule has 0 saturated carbocycles. The highest BCUT2D eigenvalue weighted by molar-refractivity contribution is 5.37. The van der Waals surface area contributed by atoms with E-state index in [1.54, 1.807) is 19.2 Å². The molecule has 1 aromatic carbocycles. The summed E-state index contributed by atoms with van der Waals surface area (Å²) in [6.07, 6.45) is 2.30. The number of aliphatic hydroxyl groups excluding tert-OH is 1.